The lowest BCUT2D eigenvalue weighted by molar-refractivity contribution is 0.0736. The van der Waals surface area contributed by atoms with Gasteiger partial charge in [0.05, 0.1) is 18.8 Å². The molecule has 90 valence electrons. The Morgan fingerprint density at radius 2 is 2.41 bits per heavy atom. The second-order valence-electron chi connectivity index (χ2n) is 4.34. The normalized spacial score (nSPS) is 26.3. The molecule has 0 radical (unpaired) electrons. The minimum Gasteiger partial charge on any atom is -0.481 e. The van der Waals surface area contributed by atoms with Crippen molar-refractivity contribution in [2.24, 2.45) is 0 Å². The third kappa shape index (κ3) is 1.98. The number of ether oxygens (including phenoxy) is 2. The van der Waals surface area contributed by atoms with Crippen LogP contribution in [0.4, 0.5) is 0 Å². The Bertz CT molecular complexity index is 432. The van der Waals surface area contributed by atoms with Crippen LogP contribution < -0.4 is 4.74 Å². The molecule has 2 unspecified atom stereocenters. The van der Waals surface area contributed by atoms with Gasteiger partial charge in [-0.15, -0.1) is 0 Å². The van der Waals surface area contributed by atoms with Gasteiger partial charge < -0.3 is 14.4 Å². The molecule has 3 heterocycles. The van der Waals surface area contributed by atoms with Gasteiger partial charge in [-0.25, -0.2) is 4.98 Å². The Balaban J connectivity index is 1.71. The van der Waals surface area contributed by atoms with E-state index < -0.39 is 0 Å². The summed E-state index contributed by atoms with van der Waals surface area (Å²) in [4.78, 5) is 18.0. The van der Waals surface area contributed by atoms with E-state index in [0.29, 0.717) is 24.1 Å². The summed E-state index contributed by atoms with van der Waals surface area (Å²) >= 11 is 0. The van der Waals surface area contributed by atoms with Crippen LogP contribution in [-0.4, -0.2) is 48.2 Å². The summed E-state index contributed by atoms with van der Waals surface area (Å²) in [5.41, 5.74) is 0.602. The highest BCUT2D eigenvalue weighted by Gasteiger charge is 2.44. The first-order valence-electron chi connectivity index (χ1n) is 5.72. The Morgan fingerprint density at radius 1 is 1.53 bits per heavy atom. The second kappa shape index (κ2) is 4.00. The molecule has 1 aromatic heterocycles. The Kier molecular flexibility index (Phi) is 2.48. The summed E-state index contributed by atoms with van der Waals surface area (Å²) in [7, 11) is 1.55. The number of methoxy groups -OCH3 is 1. The summed E-state index contributed by atoms with van der Waals surface area (Å²) in [5, 5.41) is 0. The maximum Gasteiger partial charge on any atom is 0.255 e. The fraction of sp³-hybridized carbons (Fsp3) is 0.500. The van der Waals surface area contributed by atoms with Crippen molar-refractivity contribution in [2.75, 3.05) is 20.2 Å². The molecule has 5 heteroatoms. The van der Waals surface area contributed by atoms with E-state index in [1.54, 1.807) is 25.4 Å². The monoisotopic (exact) mass is 234 g/mol. The molecule has 2 atom stereocenters. The second-order valence-corrected chi connectivity index (χ2v) is 4.34. The molecule has 1 amide bonds. The largest absolute Gasteiger partial charge is 0.481 e. The van der Waals surface area contributed by atoms with Gasteiger partial charge in [-0.3, -0.25) is 4.79 Å². The van der Waals surface area contributed by atoms with E-state index in [1.165, 1.54) is 0 Å². The summed E-state index contributed by atoms with van der Waals surface area (Å²) in [6.07, 6.45) is 3.16. The third-order valence-corrected chi connectivity index (χ3v) is 3.25. The Labute approximate surface area is 99.3 Å². The first kappa shape index (κ1) is 10.5. The van der Waals surface area contributed by atoms with Crippen LogP contribution in [0.3, 0.4) is 0 Å². The summed E-state index contributed by atoms with van der Waals surface area (Å²) in [6, 6.07) is 3.45. The highest BCUT2D eigenvalue weighted by Crippen LogP contribution is 2.31. The van der Waals surface area contributed by atoms with Crippen LogP contribution in [0.1, 0.15) is 16.8 Å². The van der Waals surface area contributed by atoms with Crippen LogP contribution in [0, 0.1) is 0 Å². The molecular formula is C12H14N2O3. The van der Waals surface area contributed by atoms with Crippen molar-refractivity contribution in [3.63, 3.8) is 0 Å². The average Bonchev–Trinajstić information content (AvgIpc) is 3.16. The van der Waals surface area contributed by atoms with Gasteiger partial charge >= 0.3 is 0 Å². The Morgan fingerprint density at radius 3 is 3.06 bits per heavy atom. The van der Waals surface area contributed by atoms with Crippen LogP contribution in [0.5, 0.6) is 5.88 Å². The van der Waals surface area contributed by atoms with Gasteiger partial charge in [0, 0.05) is 25.4 Å². The molecule has 0 spiro atoms. The number of piperidine rings is 1. The molecule has 0 N–H and O–H groups in total. The van der Waals surface area contributed by atoms with Crippen LogP contribution in [0.25, 0.3) is 0 Å². The SMILES string of the molecule is COc1ccc(C(=O)N2CCC3OC3C2)cn1. The van der Waals surface area contributed by atoms with Crippen molar-refractivity contribution in [3.8, 4) is 5.88 Å². The smallest absolute Gasteiger partial charge is 0.255 e. The van der Waals surface area contributed by atoms with Gasteiger partial charge in [0.25, 0.3) is 5.91 Å². The lowest BCUT2D eigenvalue weighted by Crippen LogP contribution is -2.39. The van der Waals surface area contributed by atoms with Crippen molar-refractivity contribution >= 4 is 5.91 Å². The predicted octanol–water partition coefficient (Wildman–Crippen LogP) is 0.704. The van der Waals surface area contributed by atoms with E-state index in [0.717, 1.165) is 13.0 Å². The van der Waals surface area contributed by atoms with E-state index in [2.05, 4.69) is 4.98 Å². The molecule has 0 bridgehead atoms. The topological polar surface area (TPSA) is 55.0 Å². The van der Waals surface area contributed by atoms with Gasteiger partial charge in [-0.1, -0.05) is 0 Å². The third-order valence-electron chi connectivity index (χ3n) is 3.25. The highest BCUT2D eigenvalue weighted by atomic mass is 16.6. The fourth-order valence-corrected chi connectivity index (χ4v) is 2.18. The van der Waals surface area contributed by atoms with Crippen molar-refractivity contribution in [3.05, 3.63) is 23.9 Å². The summed E-state index contributed by atoms with van der Waals surface area (Å²) in [6.45, 7) is 1.47. The summed E-state index contributed by atoms with van der Waals surface area (Å²) in [5.74, 6) is 0.542. The number of hydrogen-bond acceptors (Lipinski definition) is 4. The number of fused-ring (bicyclic) bond motifs is 1. The quantitative estimate of drug-likeness (QED) is 0.707. The van der Waals surface area contributed by atoms with Gasteiger partial charge in [0.15, 0.2) is 0 Å². The predicted molar refractivity (Wildman–Crippen MR) is 60.0 cm³/mol. The Hall–Kier alpha value is -1.62. The van der Waals surface area contributed by atoms with Crippen molar-refractivity contribution in [2.45, 2.75) is 18.6 Å². The molecule has 2 aliphatic rings. The molecule has 5 nitrogen and oxygen atoms in total. The molecule has 0 aromatic carbocycles. The van der Waals surface area contributed by atoms with Crippen LogP contribution in [0.2, 0.25) is 0 Å². The fourth-order valence-electron chi connectivity index (χ4n) is 2.18. The number of nitrogens with zero attached hydrogens (tertiary/aromatic N) is 2. The zero-order chi connectivity index (χ0) is 11.8. The number of hydrogen-bond donors (Lipinski definition) is 0. The van der Waals surface area contributed by atoms with E-state index in [-0.39, 0.29) is 12.0 Å². The van der Waals surface area contributed by atoms with Gasteiger partial charge in [-0.05, 0) is 12.5 Å². The lowest BCUT2D eigenvalue weighted by Gasteiger charge is -2.24. The molecule has 17 heavy (non-hydrogen) atoms. The summed E-state index contributed by atoms with van der Waals surface area (Å²) < 4.78 is 10.4. The minimum atomic E-state index is 0.0223. The van der Waals surface area contributed by atoms with Crippen LogP contribution >= 0.6 is 0 Å². The zero-order valence-electron chi connectivity index (χ0n) is 9.63. The number of carbonyl (C=O) groups is 1. The molecule has 2 fully saturated rings. The molecule has 2 saturated heterocycles. The first-order chi connectivity index (χ1) is 8.28. The highest BCUT2D eigenvalue weighted by molar-refractivity contribution is 5.94. The molecule has 0 aliphatic carbocycles. The molecule has 1 aromatic rings. The van der Waals surface area contributed by atoms with Gasteiger partial charge in [-0.2, -0.15) is 0 Å². The van der Waals surface area contributed by atoms with E-state index in [4.69, 9.17) is 9.47 Å². The molecular weight excluding hydrogens is 220 g/mol. The molecule has 0 saturated carbocycles. The van der Waals surface area contributed by atoms with Crippen LogP contribution in [0.15, 0.2) is 18.3 Å². The minimum absolute atomic E-state index is 0.0223. The van der Waals surface area contributed by atoms with Crippen LogP contribution in [-0.2, 0) is 4.74 Å². The van der Waals surface area contributed by atoms with E-state index >= 15 is 0 Å². The standard InChI is InChI=1S/C12H14N2O3/c1-16-11-3-2-8(6-13-11)12(15)14-5-4-9-10(7-14)17-9/h2-3,6,9-10H,4-5,7H2,1H3. The number of aromatic nitrogens is 1. The number of amides is 1. The van der Waals surface area contributed by atoms with E-state index in [9.17, 15) is 4.79 Å². The number of likely N-dealkylation sites (tertiary alicyclic amines) is 1. The number of pyridine rings is 1. The maximum absolute atomic E-state index is 12.2. The van der Waals surface area contributed by atoms with Gasteiger partial charge in [0.2, 0.25) is 5.88 Å². The van der Waals surface area contributed by atoms with Crippen molar-refractivity contribution in [1.29, 1.82) is 0 Å². The van der Waals surface area contributed by atoms with Crippen molar-refractivity contribution in [1.82, 2.24) is 9.88 Å². The zero-order valence-corrected chi connectivity index (χ0v) is 9.63. The number of carbonyl (C=O) groups excluding carboxylic acids is 1. The maximum atomic E-state index is 12.2. The lowest BCUT2D eigenvalue weighted by atomic mass is 10.1. The van der Waals surface area contributed by atoms with E-state index in [1.807, 2.05) is 4.90 Å². The number of rotatable bonds is 2. The number of epoxide rings is 1. The average molecular weight is 234 g/mol. The van der Waals surface area contributed by atoms with Crippen molar-refractivity contribution < 1.29 is 14.3 Å². The molecule has 3 rings (SSSR count). The first-order valence-corrected chi connectivity index (χ1v) is 5.72. The molecule has 2 aliphatic heterocycles. The van der Waals surface area contributed by atoms with Gasteiger partial charge in [0.1, 0.15) is 6.10 Å².